The first kappa shape index (κ1) is 29.1. The third-order valence-corrected chi connectivity index (χ3v) is 3.89. The molecule has 3 N–H and O–H groups in total. The Bertz CT molecular complexity index is 658. The first-order valence-electron chi connectivity index (χ1n) is 10.7. The number of nitrogens with one attached hydrogen (secondary N) is 3. The Morgan fingerprint density at radius 3 is 2.00 bits per heavy atom. The molecule has 0 rings (SSSR count). The van der Waals surface area contributed by atoms with Gasteiger partial charge in [-0.25, -0.2) is 9.59 Å². The summed E-state index contributed by atoms with van der Waals surface area (Å²) in [5, 5.41) is 7.38. The second-order valence-corrected chi connectivity index (χ2v) is 8.30. The average Bonchev–Trinajstić information content (AvgIpc) is 2.66. The number of amides is 3. The second kappa shape index (κ2) is 14.3. The minimum atomic E-state index is -1.08. The fourth-order valence-electron chi connectivity index (χ4n) is 2.47. The van der Waals surface area contributed by atoms with Crippen molar-refractivity contribution in [2.75, 3.05) is 19.8 Å². The van der Waals surface area contributed by atoms with E-state index in [4.69, 9.17) is 14.2 Å². The molecule has 0 unspecified atom stereocenters. The Morgan fingerprint density at radius 2 is 1.50 bits per heavy atom. The first-order chi connectivity index (χ1) is 14.8. The highest BCUT2D eigenvalue weighted by molar-refractivity contribution is 5.92. The Morgan fingerprint density at radius 1 is 0.906 bits per heavy atom. The summed E-state index contributed by atoms with van der Waals surface area (Å²) in [5.74, 6) is -2.74. The molecule has 0 aliphatic rings. The van der Waals surface area contributed by atoms with Gasteiger partial charge in [0.1, 0.15) is 24.2 Å². The standard InChI is InChI=1S/C21H37N3O8/c1-8-30-16(26)11-10-14(19(28)31-9-2)23-18(27)17(13(3)4)24-15(25)12-22-20(29)32-21(5,6)7/h13-14,17H,8-12H2,1-7H3,(H,22,29)(H,23,27)(H,24,25)/t14-,17+/m1/s1. The minimum absolute atomic E-state index is 0.0115. The Hall–Kier alpha value is -2.85. The van der Waals surface area contributed by atoms with Crippen molar-refractivity contribution in [1.29, 1.82) is 0 Å². The number of esters is 2. The fourth-order valence-corrected chi connectivity index (χ4v) is 2.47. The molecule has 0 bridgehead atoms. The molecule has 0 saturated carbocycles. The zero-order valence-electron chi connectivity index (χ0n) is 20.0. The minimum Gasteiger partial charge on any atom is -0.466 e. The van der Waals surface area contributed by atoms with E-state index in [1.54, 1.807) is 48.5 Å². The highest BCUT2D eigenvalue weighted by Crippen LogP contribution is 2.08. The lowest BCUT2D eigenvalue weighted by Gasteiger charge is -2.25. The molecule has 0 aromatic rings. The van der Waals surface area contributed by atoms with Gasteiger partial charge in [-0.05, 0) is 47.0 Å². The zero-order valence-corrected chi connectivity index (χ0v) is 20.0. The van der Waals surface area contributed by atoms with Crippen molar-refractivity contribution < 1.29 is 38.2 Å². The van der Waals surface area contributed by atoms with Crippen LogP contribution in [0.4, 0.5) is 4.79 Å². The molecule has 0 aliphatic carbocycles. The number of rotatable bonds is 12. The lowest BCUT2D eigenvalue weighted by Crippen LogP contribution is -2.55. The van der Waals surface area contributed by atoms with Crippen LogP contribution in [0.5, 0.6) is 0 Å². The van der Waals surface area contributed by atoms with Crippen LogP contribution >= 0.6 is 0 Å². The second-order valence-electron chi connectivity index (χ2n) is 8.30. The van der Waals surface area contributed by atoms with Gasteiger partial charge in [0.2, 0.25) is 11.8 Å². The van der Waals surface area contributed by atoms with E-state index < -0.39 is 54.1 Å². The van der Waals surface area contributed by atoms with Crippen LogP contribution in [-0.2, 0) is 33.4 Å². The third-order valence-electron chi connectivity index (χ3n) is 3.89. The van der Waals surface area contributed by atoms with Crippen LogP contribution in [0.3, 0.4) is 0 Å². The topological polar surface area (TPSA) is 149 Å². The van der Waals surface area contributed by atoms with Crippen LogP contribution in [0.2, 0.25) is 0 Å². The maximum atomic E-state index is 12.8. The van der Waals surface area contributed by atoms with Crippen LogP contribution in [0.15, 0.2) is 0 Å². The highest BCUT2D eigenvalue weighted by Gasteiger charge is 2.30. The summed E-state index contributed by atoms with van der Waals surface area (Å²) >= 11 is 0. The summed E-state index contributed by atoms with van der Waals surface area (Å²) in [4.78, 5) is 60.5. The van der Waals surface area contributed by atoms with Crippen molar-refractivity contribution in [3.8, 4) is 0 Å². The van der Waals surface area contributed by atoms with Crippen molar-refractivity contribution in [2.45, 2.75) is 79.0 Å². The van der Waals surface area contributed by atoms with Gasteiger partial charge in [0.05, 0.1) is 13.2 Å². The molecule has 11 nitrogen and oxygen atoms in total. The quantitative estimate of drug-likeness (QED) is 0.289. The smallest absolute Gasteiger partial charge is 0.408 e. The highest BCUT2D eigenvalue weighted by atomic mass is 16.6. The number of hydrogen-bond acceptors (Lipinski definition) is 8. The molecule has 184 valence electrons. The Kier molecular flexibility index (Phi) is 13.0. The van der Waals surface area contributed by atoms with Crippen molar-refractivity contribution >= 4 is 29.8 Å². The molecule has 11 heteroatoms. The largest absolute Gasteiger partial charge is 0.466 e. The van der Waals surface area contributed by atoms with Crippen LogP contribution in [0.1, 0.15) is 61.3 Å². The van der Waals surface area contributed by atoms with Crippen molar-refractivity contribution in [3.63, 3.8) is 0 Å². The normalized spacial score (nSPS) is 12.9. The Balaban J connectivity index is 5.02. The van der Waals surface area contributed by atoms with Gasteiger partial charge in [0.15, 0.2) is 0 Å². The SMILES string of the molecule is CCOC(=O)CC[C@@H](NC(=O)[C@@H](NC(=O)CNC(=O)OC(C)(C)C)C(C)C)C(=O)OCC. The summed E-state index contributed by atoms with van der Waals surface area (Å²) in [6.45, 7) is 11.7. The van der Waals surface area contributed by atoms with E-state index in [1.165, 1.54) is 0 Å². The number of carbonyl (C=O) groups is 5. The van der Waals surface area contributed by atoms with Crippen molar-refractivity contribution in [2.24, 2.45) is 5.92 Å². The van der Waals surface area contributed by atoms with Gasteiger partial charge in [-0.1, -0.05) is 13.8 Å². The van der Waals surface area contributed by atoms with Gasteiger partial charge in [-0.15, -0.1) is 0 Å². The maximum Gasteiger partial charge on any atom is 0.408 e. The molecular weight excluding hydrogens is 422 g/mol. The lowest BCUT2D eigenvalue weighted by atomic mass is 10.0. The molecule has 0 heterocycles. The molecule has 2 atom stereocenters. The number of alkyl carbamates (subject to hydrolysis) is 1. The number of hydrogen-bond donors (Lipinski definition) is 3. The van der Waals surface area contributed by atoms with E-state index in [2.05, 4.69) is 16.0 Å². The van der Waals surface area contributed by atoms with Crippen molar-refractivity contribution in [3.05, 3.63) is 0 Å². The van der Waals surface area contributed by atoms with Gasteiger partial charge >= 0.3 is 18.0 Å². The van der Waals surface area contributed by atoms with E-state index in [0.717, 1.165) is 0 Å². The van der Waals surface area contributed by atoms with Gasteiger partial charge in [-0.2, -0.15) is 0 Å². The number of carbonyl (C=O) groups excluding carboxylic acids is 5. The van der Waals surface area contributed by atoms with E-state index in [9.17, 15) is 24.0 Å². The van der Waals surface area contributed by atoms with Gasteiger partial charge in [0, 0.05) is 6.42 Å². The molecule has 0 aromatic carbocycles. The Labute approximate surface area is 189 Å². The third kappa shape index (κ3) is 12.8. The van der Waals surface area contributed by atoms with Crippen LogP contribution < -0.4 is 16.0 Å². The monoisotopic (exact) mass is 459 g/mol. The summed E-state index contributed by atoms with van der Waals surface area (Å²) in [5.41, 5.74) is -0.716. The molecule has 0 aromatic heterocycles. The molecule has 3 amide bonds. The summed E-state index contributed by atoms with van der Waals surface area (Å²) in [6.07, 6.45) is -0.863. The predicted molar refractivity (Wildman–Crippen MR) is 115 cm³/mol. The average molecular weight is 460 g/mol. The lowest BCUT2D eigenvalue weighted by molar-refractivity contribution is -0.149. The summed E-state index contributed by atoms with van der Waals surface area (Å²) in [6, 6.07) is -2.06. The van der Waals surface area contributed by atoms with Crippen LogP contribution in [0, 0.1) is 5.92 Å². The zero-order chi connectivity index (χ0) is 24.9. The van der Waals surface area contributed by atoms with E-state index in [-0.39, 0.29) is 32.0 Å². The number of ether oxygens (including phenoxy) is 3. The van der Waals surface area contributed by atoms with Gasteiger partial charge in [0.25, 0.3) is 0 Å². The van der Waals surface area contributed by atoms with E-state index in [0.29, 0.717) is 0 Å². The maximum absolute atomic E-state index is 12.8. The molecule has 32 heavy (non-hydrogen) atoms. The van der Waals surface area contributed by atoms with E-state index in [1.807, 2.05) is 0 Å². The van der Waals surface area contributed by atoms with Gasteiger partial charge in [-0.3, -0.25) is 14.4 Å². The molecular formula is C21H37N3O8. The van der Waals surface area contributed by atoms with Gasteiger partial charge < -0.3 is 30.2 Å². The van der Waals surface area contributed by atoms with E-state index >= 15 is 0 Å². The summed E-state index contributed by atoms with van der Waals surface area (Å²) < 4.78 is 14.9. The molecule has 0 aliphatic heterocycles. The molecule has 0 spiro atoms. The molecule has 0 fully saturated rings. The van der Waals surface area contributed by atoms with Crippen LogP contribution in [0.25, 0.3) is 0 Å². The predicted octanol–water partition coefficient (Wildman–Crippen LogP) is 1.04. The molecule has 0 saturated heterocycles. The van der Waals surface area contributed by atoms with Crippen molar-refractivity contribution in [1.82, 2.24) is 16.0 Å². The fraction of sp³-hybridized carbons (Fsp3) is 0.762. The van der Waals surface area contributed by atoms with Crippen LogP contribution in [-0.4, -0.2) is 67.3 Å². The first-order valence-corrected chi connectivity index (χ1v) is 10.7. The molecule has 0 radical (unpaired) electrons. The summed E-state index contributed by atoms with van der Waals surface area (Å²) in [7, 11) is 0.